The second kappa shape index (κ2) is 8.28. The lowest BCUT2D eigenvalue weighted by Gasteiger charge is -2.38. The summed E-state index contributed by atoms with van der Waals surface area (Å²) in [5.74, 6) is 0.927. The molecule has 2 aromatic carbocycles. The molecule has 1 aliphatic heterocycles. The summed E-state index contributed by atoms with van der Waals surface area (Å²) in [7, 11) is -0.893. The van der Waals surface area contributed by atoms with Crippen LogP contribution in [0.5, 0.6) is 11.5 Å². The molecule has 0 saturated heterocycles. The number of benzene rings is 2. The second-order valence-electron chi connectivity index (χ2n) is 8.16. The molecule has 2 aromatic rings. The number of fused-ring (bicyclic) bond motifs is 1. The van der Waals surface area contributed by atoms with E-state index in [9.17, 15) is 13.2 Å². The third-order valence-corrected chi connectivity index (χ3v) is 6.91. The van der Waals surface area contributed by atoms with E-state index in [1.54, 1.807) is 12.1 Å². The zero-order valence-electron chi connectivity index (χ0n) is 17.9. The van der Waals surface area contributed by atoms with Gasteiger partial charge in [0.05, 0.1) is 24.6 Å². The first-order chi connectivity index (χ1) is 14.0. The van der Waals surface area contributed by atoms with Crippen molar-refractivity contribution in [2.45, 2.75) is 43.7 Å². The molecule has 162 valence electrons. The molecule has 0 fully saturated rings. The van der Waals surface area contributed by atoms with Crippen LogP contribution in [0.2, 0.25) is 0 Å². The SMILES string of the molecule is COc1ccc(S(=O)(=O)N(C)CC(=O)N[C@H]2CC(C)(C)Oc3ccc(C)cc32)cc1. The third kappa shape index (κ3) is 4.76. The van der Waals surface area contributed by atoms with Crippen molar-refractivity contribution in [3.63, 3.8) is 0 Å². The van der Waals surface area contributed by atoms with Crippen LogP contribution in [0.4, 0.5) is 0 Å². The zero-order valence-corrected chi connectivity index (χ0v) is 18.7. The van der Waals surface area contributed by atoms with E-state index >= 15 is 0 Å². The summed E-state index contributed by atoms with van der Waals surface area (Å²) >= 11 is 0. The molecule has 0 bridgehead atoms. The van der Waals surface area contributed by atoms with E-state index in [0.29, 0.717) is 12.2 Å². The standard InChI is InChI=1S/C22H28N2O5S/c1-15-6-11-20-18(12-15)19(13-22(2,3)29-20)23-21(25)14-24(4)30(26,27)17-9-7-16(28-5)8-10-17/h6-12,19H,13-14H2,1-5H3,(H,23,25)/t19-/m0/s1. The van der Waals surface area contributed by atoms with E-state index in [4.69, 9.17) is 9.47 Å². The van der Waals surface area contributed by atoms with E-state index in [1.807, 2.05) is 39.0 Å². The van der Waals surface area contributed by atoms with E-state index in [1.165, 1.54) is 26.3 Å². The zero-order chi connectivity index (χ0) is 22.1. The highest BCUT2D eigenvalue weighted by Gasteiger charge is 2.35. The minimum absolute atomic E-state index is 0.103. The highest BCUT2D eigenvalue weighted by molar-refractivity contribution is 7.89. The molecule has 0 aromatic heterocycles. The number of carbonyl (C=O) groups is 1. The molecule has 1 heterocycles. The summed E-state index contributed by atoms with van der Waals surface area (Å²) in [5.41, 5.74) is 1.53. The maximum Gasteiger partial charge on any atom is 0.243 e. The van der Waals surface area contributed by atoms with Crippen molar-refractivity contribution in [2.24, 2.45) is 0 Å². The van der Waals surface area contributed by atoms with Crippen LogP contribution >= 0.6 is 0 Å². The monoisotopic (exact) mass is 432 g/mol. The summed E-state index contributed by atoms with van der Waals surface area (Å²) in [6.07, 6.45) is 0.587. The van der Waals surface area contributed by atoms with Crippen molar-refractivity contribution in [1.82, 2.24) is 9.62 Å². The van der Waals surface area contributed by atoms with E-state index < -0.39 is 15.6 Å². The number of aryl methyl sites for hydroxylation is 1. The third-order valence-electron chi connectivity index (χ3n) is 5.09. The molecule has 1 amide bonds. The Hall–Kier alpha value is -2.58. The predicted molar refractivity (Wildman–Crippen MR) is 114 cm³/mol. The fraction of sp³-hybridized carbons (Fsp3) is 0.409. The molecule has 0 aliphatic carbocycles. The molecule has 1 N–H and O–H groups in total. The topological polar surface area (TPSA) is 84.9 Å². The van der Waals surface area contributed by atoms with Gasteiger partial charge < -0.3 is 14.8 Å². The lowest BCUT2D eigenvalue weighted by molar-refractivity contribution is -0.122. The molecule has 0 spiro atoms. The Balaban J connectivity index is 1.74. The molecular formula is C22H28N2O5S. The van der Waals surface area contributed by atoms with E-state index in [2.05, 4.69) is 5.32 Å². The smallest absolute Gasteiger partial charge is 0.243 e. The van der Waals surface area contributed by atoms with Gasteiger partial charge in [0.15, 0.2) is 0 Å². The number of methoxy groups -OCH3 is 1. The molecule has 8 heteroatoms. The van der Waals surface area contributed by atoms with Crippen molar-refractivity contribution in [2.75, 3.05) is 20.7 Å². The molecule has 7 nitrogen and oxygen atoms in total. The number of rotatable bonds is 6. The number of carbonyl (C=O) groups excluding carboxylic acids is 1. The van der Waals surface area contributed by atoms with Crippen LogP contribution < -0.4 is 14.8 Å². The molecule has 0 saturated carbocycles. The number of ether oxygens (including phenoxy) is 2. The number of amides is 1. The Morgan fingerprint density at radius 3 is 2.53 bits per heavy atom. The Kier molecular flexibility index (Phi) is 6.10. The Bertz CT molecular complexity index is 1030. The molecule has 1 aliphatic rings. The molecule has 0 radical (unpaired) electrons. The normalized spacial score (nSPS) is 17.7. The van der Waals surface area contributed by atoms with Crippen LogP contribution in [0.3, 0.4) is 0 Å². The van der Waals surface area contributed by atoms with Gasteiger partial charge in [-0.25, -0.2) is 8.42 Å². The van der Waals surface area contributed by atoms with Crippen LogP contribution in [-0.2, 0) is 14.8 Å². The molecular weight excluding hydrogens is 404 g/mol. The Morgan fingerprint density at radius 2 is 1.90 bits per heavy atom. The van der Waals surface area contributed by atoms with Crippen LogP contribution in [0.15, 0.2) is 47.4 Å². The number of hydrogen-bond donors (Lipinski definition) is 1. The molecule has 3 rings (SSSR count). The van der Waals surface area contributed by atoms with Gasteiger partial charge in [0.2, 0.25) is 15.9 Å². The van der Waals surface area contributed by atoms with Gasteiger partial charge in [-0.3, -0.25) is 4.79 Å². The van der Waals surface area contributed by atoms with Crippen molar-refractivity contribution < 1.29 is 22.7 Å². The first kappa shape index (κ1) is 22.1. The van der Waals surface area contributed by atoms with Gasteiger partial charge in [0, 0.05) is 19.0 Å². The molecule has 30 heavy (non-hydrogen) atoms. The van der Waals surface area contributed by atoms with Gasteiger partial charge >= 0.3 is 0 Å². The minimum Gasteiger partial charge on any atom is -0.497 e. The van der Waals surface area contributed by atoms with Crippen molar-refractivity contribution in [3.8, 4) is 11.5 Å². The highest BCUT2D eigenvalue weighted by atomic mass is 32.2. The van der Waals surface area contributed by atoms with Crippen molar-refractivity contribution in [1.29, 1.82) is 0 Å². The molecule has 0 unspecified atom stereocenters. The lowest BCUT2D eigenvalue weighted by atomic mass is 9.89. The first-order valence-corrected chi connectivity index (χ1v) is 11.2. The van der Waals surface area contributed by atoms with E-state index in [0.717, 1.165) is 21.2 Å². The van der Waals surface area contributed by atoms with Gasteiger partial charge in [-0.2, -0.15) is 4.31 Å². The van der Waals surface area contributed by atoms with Crippen LogP contribution in [0, 0.1) is 6.92 Å². The number of nitrogens with zero attached hydrogens (tertiary/aromatic N) is 1. The largest absolute Gasteiger partial charge is 0.497 e. The second-order valence-corrected chi connectivity index (χ2v) is 10.2. The van der Waals surface area contributed by atoms with Crippen LogP contribution in [0.1, 0.15) is 37.4 Å². The maximum atomic E-state index is 12.8. The van der Waals surface area contributed by atoms with Crippen LogP contribution in [-0.4, -0.2) is 44.9 Å². The number of likely N-dealkylation sites (N-methyl/N-ethyl adjacent to an activating group) is 1. The highest BCUT2D eigenvalue weighted by Crippen LogP contribution is 2.39. The predicted octanol–water partition coefficient (Wildman–Crippen LogP) is 3.04. The van der Waals surface area contributed by atoms with Gasteiger partial charge in [0.1, 0.15) is 17.1 Å². The van der Waals surface area contributed by atoms with Gasteiger partial charge in [-0.05, 0) is 51.1 Å². The number of hydrogen-bond acceptors (Lipinski definition) is 5. The van der Waals surface area contributed by atoms with Crippen LogP contribution in [0.25, 0.3) is 0 Å². The van der Waals surface area contributed by atoms with E-state index in [-0.39, 0.29) is 23.4 Å². The minimum atomic E-state index is -3.80. The average molecular weight is 433 g/mol. The van der Waals surface area contributed by atoms with Crippen molar-refractivity contribution >= 4 is 15.9 Å². The average Bonchev–Trinajstić information content (AvgIpc) is 2.67. The Labute approximate surface area is 178 Å². The lowest BCUT2D eigenvalue weighted by Crippen LogP contribution is -2.44. The summed E-state index contributed by atoms with van der Waals surface area (Å²) < 4.78 is 37.7. The summed E-state index contributed by atoms with van der Waals surface area (Å²) in [4.78, 5) is 12.8. The molecule has 1 atom stereocenters. The number of sulfonamides is 1. The maximum absolute atomic E-state index is 12.8. The fourth-order valence-corrected chi connectivity index (χ4v) is 4.68. The first-order valence-electron chi connectivity index (χ1n) is 9.71. The number of nitrogens with one attached hydrogen (secondary N) is 1. The fourth-order valence-electron chi connectivity index (χ4n) is 3.56. The quantitative estimate of drug-likeness (QED) is 0.758. The van der Waals surface area contributed by atoms with Gasteiger partial charge in [0.25, 0.3) is 0 Å². The Morgan fingerprint density at radius 1 is 1.23 bits per heavy atom. The summed E-state index contributed by atoms with van der Waals surface area (Å²) in [6.45, 7) is 5.63. The summed E-state index contributed by atoms with van der Waals surface area (Å²) in [6, 6.07) is 11.7. The summed E-state index contributed by atoms with van der Waals surface area (Å²) in [5, 5.41) is 2.99. The van der Waals surface area contributed by atoms with Gasteiger partial charge in [-0.15, -0.1) is 0 Å². The van der Waals surface area contributed by atoms with Crippen molar-refractivity contribution in [3.05, 3.63) is 53.6 Å². The van der Waals surface area contributed by atoms with Gasteiger partial charge in [-0.1, -0.05) is 17.7 Å².